The number of hydrogen-bond donors (Lipinski definition) is 1. The summed E-state index contributed by atoms with van der Waals surface area (Å²) in [6, 6.07) is 0.402. The number of hydrogen-bond acceptors (Lipinski definition) is 3. The van der Waals surface area contributed by atoms with Crippen molar-refractivity contribution in [3.05, 3.63) is 0 Å². The lowest BCUT2D eigenvalue weighted by atomic mass is 10.2. The average Bonchev–Trinajstić information content (AvgIpc) is 2.18. The minimum absolute atomic E-state index is 0. The van der Waals surface area contributed by atoms with Crippen LogP contribution in [0.3, 0.4) is 0 Å². The molecule has 0 radical (unpaired) electrons. The number of nitrogens with zero attached hydrogens (tertiary/aromatic N) is 1. The maximum atomic E-state index is 11.6. The van der Waals surface area contributed by atoms with Crippen molar-refractivity contribution in [2.24, 2.45) is 0 Å². The van der Waals surface area contributed by atoms with Gasteiger partial charge in [-0.1, -0.05) is 6.92 Å². The summed E-state index contributed by atoms with van der Waals surface area (Å²) in [5.41, 5.74) is 0. The van der Waals surface area contributed by atoms with E-state index in [1.54, 1.807) is 0 Å². The number of halogens is 1. The summed E-state index contributed by atoms with van der Waals surface area (Å²) in [5, 5.41) is 3.30. The number of carbonyl (C=O) groups is 1. The third-order valence-electron chi connectivity index (χ3n) is 2.30. The van der Waals surface area contributed by atoms with Crippen LogP contribution in [0, 0.1) is 0 Å². The molecule has 1 fully saturated rings. The summed E-state index contributed by atoms with van der Waals surface area (Å²) in [5.74, 6) is 0.117. The molecule has 0 aliphatic carbocycles. The third kappa shape index (κ3) is 5.35. The SMILES string of the molecule is CCCOCC(=O)N1CCNC(C)C1.Cl. The first-order chi connectivity index (χ1) is 6.74. The average molecular weight is 237 g/mol. The number of amides is 1. The van der Waals surface area contributed by atoms with Crippen molar-refractivity contribution in [3.63, 3.8) is 0 Å². The fourth-order valence-corrected chi connectivity index (χ4v) is 1.55. The molecule has 1 aliphatic rings. The molecule has 1 N–H and O–H groups in total. The van der Waals surface area contributed by atoms with Crippen molar-refractivity contribution >= 4 is 18.3 Å². The van der Waals surface area contributed by atoms with Crippen LogP contribution in [-0.2, 0) is 9.53 Å². The van der Waals surface area contributed by atoms with E-state index in [0.29, 0.717) is 12.6 Å². The van der Waals surface area contributed by atoms with E-state index >= 15 is 0 Å². The molecule has 15 heavy (non-hydrogen) atoms. The number of piperazine rings is 1. The molecule has 90 valence electrons. The Morgan fingerprint density at radius 2 is 2.33 bits per heavy atom. The lowest BCUT2D eigenvalue weighted by molar-refractivity contribution is -0.137. The van der Waals surface area contributed by atoms with Gasteiger partial charge in [0.25, 0.3) is 0 Å². The van der Waals surface area contributed by atoms with E-state index in [-0.39, 0.29) is 24.9 Å². The molecule has 0 aromatic rings. The molecular formula is C10H21ClN2O2. The van der Waals surface area contributed by atoms with Gasteiger partial charge in [-0.3, -0.25) is 4.79 Å². The highest BCUT2D eigenvalue weighted by Gasteiger charge is 2.19. The Morgan fingerprint density at radius 3 is 2.93 bits per heavy atom. The van der Waals surface area contributed by atoms with Crippen LogP contribution in [0.15, 0.2) is 0 Å². The van der Waals surface area contributed by atoms with Crippen molar-refractivity contribution in [1.82, 2.24) is 10.2 Å². The van der Waals surface area contributed by atoms with E-state index in [2.05, 4.69) is 12.2 Å². The van der Waals surface area contributed by atoms with Gasteiger partial charge in [-0.15, -0.1) is 12.4 Å². The fourth-order valence-electron chi connectivity index (χ4n) is 1.55. The monoisotopic (exact) mass is 236 g/mol. The Balaban J connectivity index is 0.00000196. The zero-order valence-electron chi connectivity index (χ0n) is 9.49. The van der Waals surface area contributed by atoms with Gasteiger partial charge in [0, 0.05) is 32.3 Å². The minimum atomic E-state index is 0. The second-order valence-corrected chi connectivity index (χ2v) is 3.75. The third-order valence-corrected chi connectivity index (χ3v) is 2.30. The number of ether oxygens (including phenoxy) is 1. The predicted octanol–water partition coefficient (Wildman–Crippen LogP) is 0.655. The zero-order valence-corrected chi connectivity index (χ0v) is 10.3. The molecule has 1 heterocycles. The molecule has 5 heteroatoms. The summed E-state index contributed by atoms with van der Waals surface area (Å²) >= 11 is 0. The Hall–Kier alpha value is -0.320. The molecule has 1 amide bonds. The first kappa shape index (κ1) is 14.7. The molecule has 0 saturated carbocycles. The van der Waals surface area contributed by atoms with Gasteiger partial charge < -0.3 is 15.0 Å². The van der Waals surface area contributed by atoms with Crippen LogP contribution in [0.4, 0.5) is 0 Å². The second-order valence-electron chi connectivity index (χ2n) is 3.75. The molecule has 1 saturated heterocycles. The number of nitrogens with one attached hydrogen (secondary N) is 1. The van der Waals surface area contributed by atoms with E-state index in [1.165, 1.54) is 0 Å². The lowest BCUT2D eigenvalue weighted by Crippen LogP contribution is -2.52. The van der Waals surface area contributed by atoms with Crippen molar-refractivity contribution in [3.8, 4) is 0 Å². The van der Waals surface area contributed by atoms with Crippen molar-refractivity contribution in [2.75, 3.05) is 32.8 Å². The molecule has 1 atom stereocenters. The van der Waals surface area contributed by atoms with Crippen LogP contribution in [0.5, 0.6) is 0 Å². The van der Waals surface area contributed by atoms with Crippen LogP contribution >= 0.6 is 12.4 Å². The van der Waals surface area contributed by atoms with Crippen LogP contribution < -0.4 is 5.32 Å². The molecule has 0 bridgehead atoms. The predicted molar refractivity (Wildman–Crippen MR) is 62.4 cm³/mol. The molecule has 1 unspecified atom stereocenters. The second kappa shape index (κ2) is 7.91. The van der Waals surface area contributed by atoms with Crippen LogP contribution in [0.25, 0.3) is 0 Å². The van der Waals surface area contributed by atoms with Gasteiger partial charge in [-0.2, -0.15) is 0 Å². The van der Waals surface area contributed by atoms with Gasteiger partial charge in [0.15, 0.2) is 0 Å². The van der Waals surface area contributed by atoms with Gasteiger partial charge in [-0.25, -0.2) is 0 Å². The Bertz CT molecular complexity index is 190. The van der Waals surface area contributed by atoms with Gasteiger partial charge in [0.1, 0.15) is 6.61 Å². The molecule has 1 aliphatic heterocycles. The quantitative estimate of drug-likeness (QED) is 0.729. The highest BCUT2D eigenvalue weighted by molar-refractivity contribution is 5.85. The standard InChI is InChI=1S/C10H20N2O2.ClH/c1-3-6-14-8-10(13)12-5-4-11-9(2)7-12;/h9,11H,3-8H2,1-2H3;1H. The summed E-state index contributed by atoms with van der Waals surface area (Å²) < 4.78 is 5.22. The van der Waals surface area contributed by atoms with Crippen LogP contribution in [-0.4, -0.2) is 49.7 Å². The smallest absolute Gasteiger partial charge is 0.248 e. The van der Waals surface area contributed by atoms with Crippen molar-refractivity contribution < 1.29 is 9.53 Å². The zero-order chi connectivity index (χ0) is 10.4. The first-order valence-electron chi connectivity index (χ1n) is 5.33. The minimum Gasteiger partial charge on any atom is -0.372 e. The normalized spacial score (nSPS) is 20.9. The molecule has 4 nitrogen and oxygen atoms in total. The van der Waals surface area contributed by atoms with Crippen molar-refractivity contribution in [1.29, 1.82) is 0 Å². The van der Waals surface area contributed by atoms with Gasteiger partial charge >= 0.3 is 0 Å². The van der Waals surface area contributed by atoms with E-state index in [1.807, 2.05) is 11.8 Å². The number of rotatable bonds is 4. The van der Waals surface area contributed by atoms with Crippen LogP contribution in [0.2, 0.25) is 0 Å². The Morgan fingerprint density at radius 1 is 1.60 bits per heavy atom. The molecular weight excluding hydrogens is 216 g/mol. The largest absolute Gasteiger partial charge is 0.372 e. The Kier molecular flexibility index (Phi) is 7.74. The summed E-state index contributed by atoms with van der Waals surface area (Å²) in [6.07, 6.45) is 0.964. The van der Waals surface area contributed by atoms with Gasteiger partial charge in [0.2, 0.25) is 5.91 Å². The first-order valence-corrected chi connectivity index (χ1v) is 5.33. The molecule has 1 rings (SSSR count). The molecule has 0 aromatic carbocycles. The van der Waals surface area contributed by atoms with Crippen molar-refractivity contribution in [2.45, 2.75) is 26.3 Å². The van der Waals surface area contributed by atoms with Gasteiger partial charge in [-0.05, 0) is 13.3 Å². The topological polar surface area (TPSA) is 41.6 Å². The Labute approximate surface area is 97.8 Å². The molecule has 0 spiro atoms. The van der Waals surface area contributed by atoms with E-state index in [9.17, 15) is 4.79 Å². The fraction of sp³-hybridized carbons (Fsp3) is 0.900. The van der Waals surface area contributed by atoms with E-state index in [0.717, 1.165) is 26.1 Å². The summed E-state index contributed by atoms with van der Waals surface area (Å²) in [6.45, 7) is 7.53. The summed E-state index contributed by atoms with van der Waals surface area (Å²) in [4.78, 5) is 13.5. The maximum absolute atomic E-state index is 11.6. The van der Waals surface area contributed by atoms with Gasteiger partial charge in [0.05, 0.1) is 0 Å². The van der Waals surface area contributed by atoms with E-state index < -0.39 is 0 Å². The molecule has 0 aromatic heterocycles. The maximum Gasteiger partial charge on any atom is 0.248 e. The number of carbonyl (C=O) groups excluding carboxylic acids is 1. The lowest BCUT2D eigenvalue weighted by Gasteiger charge is -2.31. The van der Waals surface area contributed by atoms with Crippen LogP contribution in [0.1, 0.15) is 20.3 Å². The summed E-state index contributed by atoms with van der Waals surface area (Å²) in [7, 11) is 0. The highest BCUT2D eigenvalue weighted by atomic mass is 35.5. The van der Waals surface area contributed by atoms with E-state index in [4.69, 9.17) is 4.74 Å². The highest BCUT2D eigenvalue weighted by Crippen LogP contribution is 1.99.